The molecular formula is C17H28. The Morgan fingerprint density at radius 1 is 1.29 bits per heavy atom. The van der Waals surface area contributed by atoms with Gasteiger partial charge < -0.3 is 0 Å². The third-order valence-electron chi connectivity index (χ3n) is 5.54. The number of allylic oxidation sites excluding steroid dienone is 4. The highest BCUT2D eigenvalue weighted by Gasteiger charge is 2.49. The first-order valence-corrected chi connectivity index (χ1v) is 7.41. The molecule has 0 aromatic carbocycles. The Labute approximate surface area is 107 Å². The highest BCUT2D eigenvalue weighted by Crippen LogP contribution is 2.59. The zero-order chi connectivity index (χ0) is 12.5. The van der Waals surface area contributed by atoms with E-state index in [1.807, 2.05) is 0 Å². The molecule has 0 aliphatic heterocycles. The van der Waals surface area contributed by atoms with E-state index < -0.39 is 0 Å². The maximum Gasteiger partial charge on any atom is -0.0146 e. The van der Waals surface area contributed by atoms with Gasteiger partial charge in [0.2, 0.25) is 0 Å². The number of fused-ring (bicyclic) bond motifs is 1. The van der Waals surface area contributed by atoms with Gasteiger partial charge in [0.15, 0.2) is 0 Å². The molecule has 2 fully saturated rings. The molecule has 0 saturated heterocycles. The first-order chi connectivity index (χ1) is 8.13. The lowest BCUT2D eigenvalue weighted by atomic mass is 9.61. The van der Waals surface area contributed by atoms with Crippen LogP contribution in [0.15, 0.2) is 23.8 Å². The van der Waals surface area contributed by atoms with Gasteiger partial charge in [-0.1, -0.05) is 37.6 Å². The van der Waals surface area contributed by atoms with Crippen molar-refractivity contribution in [3.63, 3.8) is 0 Å². The predicted octanol–water partition coefficient (Wildman–Crippen LogP) is 5.36. The maximum atomic E-state index is 2.57. The second kappa shape index (κ2) is 5.00. The van der Waals surface area contributed by atoms with Gasteiger partial charge in [-0.3, -0.25) is 0 Å². The molecule has 2 rings (SSSR count). The highest BCUT2D eigenvalue weighted by atomic mass is 14.5. The van der Waals surface area contributed by atoms with Crippen molar-refractivity contribution in [2.24, 2.45) is 23.2 Å². The molecule has 0 radical (unpaired) electrons. The summed E-state index contributed by atoms with van der Waals surface area (Å²) in [6.45, 7) is 9.38. The molecule has 0 N–H and O–H groups in total. The molecule has 0 amide bonds. The average Bonchev–Trinajstić information content (AvgIpc) is 2.66. The summed E-state index contributed by atoms with van der Waals surface area (Å²) in [6, 6.07) is 0. The number of hydrogen-bond acceptors (Lipinski definition) is 0. The van der Waals surface area contributed by atoms with Crippen LogP contribution in [0.2, 0.25) is 0 Å². The summed E-state index contributed by atoms with van der Waals surface area (Å²) in [7, 11) is 0. The molecule has 0 heteroatoms. The van der Waals surface area contributed by atoms with Crippen LogP contribution in [-0.4, -0.2) is 0 Å². The smallest absolute Gasteiger partial charge is 0.0146 e. The van der Waals surface area contributed by atoms with Crippen molar-refractivity contribution in [1.82, 2.24) is 0 Å². The molecule has 0 nitrogen and oxygen atoms in total. The molecule has 0 aromatic heterocycles. The number of hydrogen-bond donors (Lipinski definition) is 0. The monoisotopic (exact) mass is 232 g/mol. The quantitative estimate of drug-likeness (QED) is 0.562. The van der Waals surface area contributed by atoms with E-state index in [4.69, 9.17) is 0 Å². The summed E-state index contributed by atoms with van der Waals surface area (Å²) < 4.78 is 0. The van der Waals surface area contributed by atoms with Crippen LogP contribution in [0, 0.1) is 23.2 Å². The standard InChI is InChI=1S/C17H28/c1-5-8-13(3)15-10-11-16-14(6-2)9-7-12-17(15,16)4/h5-6,8,13,15-16H,7,9-12H2,1-4H3/b8-5-,14-6+/t13?,15-,16+,17-/m1/s1. The van der Waals surface area contributed by atoms with Crippen LogP contribution in [0.3, 0.4) is 0 Å². The summed E-state index contributed by atoms with van der Waals surface area (Å²) in [6.07, 6.45) is 14.1. The Bertz CT molecular complexity index is 323. The van der Waals surface area contributed by atoms with Crippen molar-refractivity contribution >= 4 is 0 Å². The predicted molar refractivity (Wildman–Crippen MR) is 75.9 cm³/mol. The third-order valence-corrected chi connectivity index (χ3v) is 5.54. The summed E-state index contributed by atoms with van der Waals surface area (Å²) in [4.78, 5) is 0. The fourth-order valence-corrected chi connectivity index (χ4v) is 4.73. The van der Waals surface area contributed by atoms with Crippen molar-refractivity contribution < 1.29 is 0 Å². The molecule has 1 unspecified atom stereocenters. The largest absolute Gasteiger partial charge is 0.0914 e. The fraction of sp³-hybridized carbons (Fsp3) is 0.765. The minimum Gasteiger partial charge on any atom is -0.0914 e. The van der Waals surface area contributed by atoms with Crippen LogP contribution in [0.5, 0.6) is 0 Å². The van der Waals surface area contributed by atoms with E-state index in [9.17, 15) is 0 Å². The molecule has 0 heterocycles. The Morgan fingerprint density at radius 2 is 2.06 bits per heavy atom. The van der Waals surface area contributed by atoms with E-state index in [2.05, 4.69) is 45.9 Å². The Balaban J connectivity index is 2.23. The van der Waals surface area contributed by atoms with E-state index in [0.717, 1.165) is 17.8 Å². The van der Waals surface area contributed by atoms with E-state index in [-0.39, 0.29) is 0 Å². The average molecular weight is 232 g/mol. The van der Waals surface area contributed by atoms with Crippen molar-refractivity contribution in [3.05, 3.63) is 23.8 Å². The Hall–Kier alpha value is -0.520. The molecule has 2 aliphatic carbocycles. The highest BCUT2D eigenvalue weighted by molar-refractivity contribution is 5.18. The summed E-state index contributed by atoms with van der Waals surface area (Å²) in [5.74, 6) is 2.55. The van der Waals surface area contributed by atoms with Gasteiger partial charge in [-0.05, 0) is 69.1 Å². The topological polar surface area (TPSA) is 0 Å². The minimum atomic E-state index is 0.582. The van der Waals surface area contributed by atoms with Crippen LogP contribution in [-0.2, 0) is 0 Å². The molecule has 2 aliphatic rings. The van der Waals surface area contributed by atoms with Gasteiger partial charge >= 0.3 is 0 Å². The van der Waals surface area contributed by atoms with E-state index >= 15 is 0 Å². The van der Waals surface area contributed by atoms with Crippen molar-refractivity contribution in [2.75, 3.05) is 0 Å². The van der Waals surface area contributed by atoms with E-state index in [0.29, 0.717) is 5.41 Å². The SMILES string of the molecule is C/C=C\C(C)[C@H]1CC[C@H]2/C(=C/C)CCC[C@]12C. The molecule has 0 spiro atoms. The van der Waals surface area contributed by atoms with E-state index in [1.165, 1.54) is 32.1 Å². The molecule has 4 atom stereocenters. The van der Waals surface area contributed by atoms with Gasteiger partial charge in [-0.25, -0.2) is 0 Å². The maximum absolute atomic E-state index is 2.57. The zero-order valence-electron chi connectivity index (χ0n) is 12.0. The molecule has 17 heavy (non-hydrogen) atoms. The van der Waals surface area contributed by atoms with Gasteiger partial charge in [-0.2, -0.15) is 0 Å². The lowest BCUT2D eigenvalue weighted by Gasteiger charge is -2.44. The molecular weight excluding hydrogens is 204 g/mol. The van der Waals surface area contributed by atoms with Crippen LogP contribution in [0.4, 0.5) is 0 Å². The van der Waals surface area contributed by atoms with Crippen molar-refractivity contribution in [1.29, 1.82) is 0 Å². The summed E-state index contributed by atoms with van der Waals surface area (Å²) in [5.41, 5.74) is 2.34. The van der Waals surface area contributed by atoms with Gasteiger partial charge in [0.1, 0.15) is 0 Å². The van der Waals surface area contributed by atoms with Crippen molar-refractivity contribution in [2.45, 2.75) is 59.8 Å². The van der Waals surface area contributed by atoms with Crippen molar-refractivity contribution in [3.8, 4) is 0 Å². The zero-order valence-corrected chi connectivity index (χ0v) is 12.0. The second-order valence-corrected chi connectivity index (χ2v) is 6.34. The second-order valence-electron chi connectivity index (χ2n) is 6.34. The third kappa shape index (κ3) is 2.11. The fourth-order valence-electron chi connectivity index (χ4n) is 4.73. The summed E-state index contributed by atoms with van der Waals surface area (Å²) >= 11 is 0. The molecule has 2 saturated carbocycles. The van der Waals surface area contributed by atoms with E-state index in [1.54, 1.807) is 5.57 Å². The molecule has 96 valence electrons. The first-order valence-electron chi connectivity index (χ1n) is 7.41. The Kier molecular flexibility index (Phi) is 3.80. The van der Waals surface area contributed by atoms with Crippen LogP contribution in [0.1, 0.15) is 59.8 Å². The van der Waals surface area contributed by atoms with Crippen LogP contribution >= 0.6 is 0 Å². The lowest BCUT2D eigenvalue weighted by molar-refractivity contribution is 0.112. The first kappa shape index (κ1) is 12.9. The Morgan fingerprint density at radius 3 is 2.71 bits per heavy atom. The van der Waals surface area contributed by atoms with Gasteiger partial charge in [0.25, 0.3) is 0 Å². The minimum absolute atomic E-state index is 0.582. The van der Waals surface area contributed by atoms with Gasteiger partial charge in [0, 0.05) is 0 Å². The lowest BCUT2D eigenvalue weighted by Crippen LogP contribution is -2.35. The van der Waals surface area contributed by atoms with Crippen LogP contribution < -0.4 is 0 Å². The molecule has 0 aromatic rings. The van der Waals surface area contributed by atoms with Gasteiger partial charge in [0.05, 0.1) is 0 Å². The van der Waals surface area contributed by atoms with Crippen LogP contribution in [0.25, 0.3) is 0 Å². The molecule has 0 bridgehead atoms. The summed E-state index contributed by atoms with van der Waals surface area (Å²) in [5, 5.41) is 0. The van der Waals surface area contributed by atoms with Gasteiger partial charge in [-0.15, -0.1) is 0 Å². The normalized spacial score (nSPS) is 42.0. The number of rotatable bonds is 2.